The summed E-state index contributed by atoms with van der Waals surface area (Å²) in [6.45, 7) is 1.84. The number of benzene rings is 1. The van der Waals surface area contributed by atoms with E-state index in [1.165, 1.54) is 0 Å². The van der Waals surface area contributed by atoms with Crippen LogP contribution in [0.15, 0.2) is 30.5 Å². The molecule has 2 rings (SSSR count). The van der Waals surface area contributed by atoms with Gasteiger partial charge in [0.05, 0.1) is 10.6 Å². The molecule has 0 spiro atoms. The van der Waals surface area contributed by atoms with Gasteiger partial charge >= 0.3 is 5.97 Å². The SMILES string of the molecule is Cc1cc(C(=O)O)ccc1-c1cnc(Cl)c(Cl)c1. The van der Waals surface area contributed by atoms with Gasteiger partial charge in [0.1, 0.15) is 5.15 Å². The molecule has 0 amide bonds. The van der Waals surface area contributed by atoms with Gasteiger partial charge in [-0.15, -0.1) is 0 Å². The van der Waals surface area contributed by atoms with Crippen molar-refractivity contribution in [2.45, 2.75) is 6.92 Å². The third kappa shape index (κ3) is 2.47. The maximum atomic E-state index is 10.8. The molecular formula is C13H9Cl2NO2. The van der Waals surface area contributed by atoms with Crippen LogP contribution in [0.1, 0.15) is 15.9 Å². The minimum absolute atomic E-state index is 0.250. The summed E-state index contributed by atoms with van der Waals surface area (Å²) in [5.41, 5.74) is 2.78. The van der Waals surface area contributed by atoms with Crippen LogP contribution in [0.25, 0.3) is 11.1 Å². The van der Waals surface area contributed by atoms with Gasteiger partial charge in [0.25, 0.3) is 0 Å². The van der Waals surface area contributed by atoms with Crippen molar-refractivity contribution < 1.29 is 9.90 Å². The highest BCUT2D eigenvalue weighted by molar-refractivity contribution is 6.41. The Hall–Kier alpha value is -1.58. The number of nitrogens with zero attached hydrogens (tertiary/aromatic N) is 1. The zero-order valence-corrected chi connectivity index (χ0v) is 11.0. The lowest BCUT2D eigenvalue weighted by molar-refractivity contribution is 0.0697. The topological polar surface area (TPSA) is 50.2 Å². The second kappa shape index (κ2) is 4.96. The van der Waals surface area contributed by atoms with Crippen molar-refractivity contribution in [2.75, 3.05) is 0 Å². The van der Waals surface area contributed by atoms with Crippen molar-refractivity contribution in [1.82, 2.24) is 4.98 Å². The molecule has 0 radical (unpaired) electrons. The van der Waals surface area contributed by atoms with E-state index in [-0.39, 0.29) is 10.7 Å². The molecule has 2 aromatic rings. The lowest BCUT2D eigenvalue weighted by Crippen LogP contribution is -1.97. The van der Waals surface area contributed by atoms with E-state index in [1.54, 1.807) is 30.5 Å². The number of pyridine rings is 1. The highest BCUT2D eigenvalue weighted by Crippen LogP contribution is 2.28. The first kappa shape index (κ1) is 12.9. The number of aromatic carboxylic acids is 1. The number of aromatic nitrogens is 1. The number of hydrogen-bond acceptors (Lipinski definition) is 2. The van der Waals surface area contributed by atoms with Crippen LogP contribution >= 0.6 is 23.2 Å². The molecule has 18 heavy (non-hydrogen) atoms. The van der Waals surface area contributed by atoms with E-state index < -0.39 is 5.97 Å². The summed E-state index contributed by atoms with van der Waals surface area (Å²) in [4.78, 5) is 14.8. The first-order valence-electron chi connectivity index (χ1n) is 5.14. The second-order valence-electron chi connectivity index (χ2n) is 3.83. The molecule has 0 bridgehead atoms. The Labute approximate surface area is 114 Å². The molecule has 3 nitrogen and oxygen atoms in total. The van der Waals surface area contributed by atoms with Gasteiger partial charge in [-0.2, -0.15) is 0 Å². The van der Waals surface area contributed by atoms with Crippen LogP contribution in [0, 0.1) is 6.92 Å². The van der Waals surface area contributed by atoms with Crippen molar-refractivity contribution in [3.05, 3.63) is 51.8 Å². The monoisotopic (exact) mass is 281 g/mol. The number of halogens is 2. The molecular weight excluding hydrogens is 273 g/mol. The summed E-state index contributed by atoms with van der Waals surface area (Å²) in [5, 5.41) is 9.52. The fourth-order valence-corrected chi connectivity index (χ4v) is 1.96. The molecule has 0 saturated heterocycles. The predicted molar refractivity (Wildman–Crippen MR) is 71.4 cm³/mol. The lowest BCUT2D eigenvalue weighted by Gasteiger charge is -2.07. The molecule has 0 aliphatic rings. The van der Waals surface area contributed by atoms with E-state index in [0.29, 0.717) is 5.02 Å². The van der Waals surface area contributed by atoms with E-state index >= 15 is 0 Å². The highest BCUT2D eigenvalue weighted by atomic mass is 35.5. The van der Waals surface area contributed by atoms with Crippen molar-refractivity contribution in [3.63, 3.8) is 0 Å². The molecule has 1 aromatic carbocycles. The molecule has 0 atom stereocenters. The predicted octanol–water partition coefficient (Wildman–Crippen LogP) is 4.06. The Kier molecular flexibility index (Phi) is 3.55. The van der Waals surface area contributed by atoms with Gasteiger partial charge in [0.2, 0.25) is 0 Å². The summed E-state index contributed by atoms with van der Waals surface area (Å²) in [7, 11) is 0. The van der Waals surface area contributed by atoms with E-state index in [4.69, 9.17) is 28.3 Å². The number of carboxylic acid groups (broad SMARTS) is 1. The van der Waals surface area contributed by atoms with E-state index in [0.717, 1.165) is 16.7 Å². The summed E-state index contributed by atoms with van der Waals surface area (Å²) in [5.74, 6) is -0.947. The maximum Gasteiger partial charge on any atom is 0.335 e. The van der Waals surface area contributed by atoms with Gasteiger partial charge < -0.3 is 5.11 Å². The molecule has 1 N–H and O–H groups in total. The lowest BCUT2D eigenvalue weighted by atomic mass is 10.00. The van der Waals surface area contributed by atoms with Crippen molar-refractivity contribution in [2.24, 2.45) is 0 Å². The molecule has 0 aliphatic heterocycles. The average Bonchev–Trinajstić information content (AvgIpc) is 2.32. The molecule has 1 heterocycles. The average molecular weight is 282 g/mol. The minimum atomic E-state index is -0.947. The van der Waals surface area contributed by atoms with Gasteiger partial charge in [-0.05, 0) is 36.2 Å². The van der Waals surface area contributed by atoms with Crippen LogP contribution in [0.2, 0.25) is 10.2 Å². The Bertz CT molecular complexity index is 626. The summed E-state index contributed by atoms with van der Waals surface area (Å²) in [6, 6.07) is 6.60. The molecule has 0 fully saturated rings. The third-order valence-electron chi connectivity index (χ3n) is 2.58. The fourth-order valence-electron chi connectivity index (χ4n) is 1.69. The van der Waals surface area contributed by atoms with Crippen LogP contribution in [0.3, 0.4) is 0 Å². The first-order chi connectivity index (χ1) is 8.49. The normalized spacial score (nSPS) is 10.4. The first-order valence-corrected chi connectivity index (χ1v) is 5.90. The van der Waals surface area contributed by atoms with Gasteiger partial charge in [0.15, 0.2) is 0 Å². The summed E-state index contributed by atoms with van der Waals surface area (Å²) in [6.07, 6.45) is 1.61. The van der Waals surface area contributed by atoms with Crippen LogP contribution in [-0.4, -0.2) is 16.1 Å². The summed E-state index contributed by atoms with van der Waals surface area (Å²) >= 11 is 11.7. The second-order valence-corrected chi connectivity index (χ2v) is 4.60. The van der Waals surface area contributed by atoms with Crippen molar-refractivity contribution in [1.29, 1.82) is 0 Å². The largest absolute Gasteiger partial charge is 0.478 e. The van der Waals surface area contributed by atoms with E-state index in [1.807, 2.05) is 6.92 Å². The van der Waals surface area contributed by atoms with Crippen LogP contribution < -0.4 is 0 Å². The fraction of sp³-hybridized carbons (Fsp3) is 0.0769. The zero-order chi connectivity index (χ0) is 13.3. The number of carbonyl (C=O) groups is 1. The zero-order valence-electron chi connectivity index (χ0n) is 9.45. The van der Waals surface area contributed by atoms with Crippen molar-refractivity contribution in [3.8, 4) is 11.1 Å². The molecule has 0 aliphatic carbocycles. The van der Waals surface area contributed by atoms with Gasteiger partial charge in [-0.3, -0.25) is 0 Å². The number of hydrogen-bond donors (Lipinski definition) is 1. The third-order valence-corrected chi connectivity index (χ3v) is 3.27. The Morgan fingerprint density at radius 3 is 2.56 bits per heavy atom. The van der Waals surface area contributed by atoms with E-state index in [9.17, 15) is 4.79 Å². The summed E-state index contributed by atoms with van der Waals surface area (Å²) < 4.78 is 0. The Morgan fingerprint density at radius 2 is 2.00 bits per heavy atom. The maximum absolute atomic E-state index is 10.8. The Balaban J connectivity index is 2.51. The Morgan fingerprint density at radius 1 is 1.28 bits per heavy atom. The van der Waals surface area contributed by atoms with E-state index in [2.05, 4.69) is 4.98 Å². The molecule has 92 valence electrons. The standard InChI is InChI=1S/C13H9Cl2NO2/c1-7-4-8(13(17)18)2-3-10(7)9-5-11(14)12(15)16-6-9/h2-6H,1H3,(H,17,18). The number of aryl methyl sites for hydroxylation is 1. The number of carboxylic acids is 1. The molecule has 0 saturated carbocycles. The highest BCUT2D eigenvalue weighted by Gasteiger charge is 2.09. The molecule has 0 unspecified atom stereocenters. The van der Waals surface area contributed by atoms with Gasteiger partial charge in [-0.25, -0.2) is 9.78 Å². The van der Waals surface area contributed by atoms with Crippen LogP contribution in [0.5, 0.6) is 0 Å². The molecule has 1 aromatic heterocycles. The van der Waals surface area contributed by atoms with Gasteiger partial charge in [-0.1, -0.05) is 29.3 Å². The van der Waals surface area contributed by atoms with Crippen LogP contribution in [0.4, 0.5) is 0 Å². The quantitative estimate of drug-likeness (QED) is 0.845. The van der Waals surface area contributed by atoms with Crippen molar-refractivity contribution >= 4 is 29.2 Å². The van der Waals surface area contributed by atoms with Crippen LogP contribution in [-0.2, 0) is 0 Å². The molecule has 5 heteroatoms. The van der Waals surface area contributed by atoms with Gasteiger partial charge in [0, 0.05) is 11.8 Å². The minimum Gasteiger partial charge on any atom is -0.478 e. The smallest absolute Gasteiger partial charge is 0.335 e. The number of rotatable bonds is 2.